The quantitative estimate of drug-likeness (QED) is 0.647. The number of carbonyl (C=O) groups excluding carboxylic acids is 1. The molecule has 3 rings (SSSR count). The minimum Gasteiger partial charge on any atom is -0.497 e. The summed E-state index contributed by atoms with van der Waals surface area (Å²) in [5.74, 6) is 2.84. The number of anilines is 2. The third-order valence-electron chi connectivity index (χ3n) is 3.95. The summed E-state index contributed by atoms with van der Waals surface area (Å²) in [7, 11) is 1.60. The second kappa shape index (κ2) is 8.18. The Kier molecular flexibility index (Phi) is 5.51. The number of aromatic nitrogens is 2. The number of hydrogen-bond acceptors (Lipinski definition) is 6. The second-order valence-electron chi connectivity index (χ2n) is 5.81. The van der Waals surface area contributed by atoms with Gasteiger partial charge in [-0.05, 0) is 43.3 Å². The first-order chi connectivity index (χ1) is 13.1. The second-order valence-corrected chi connectivity index (χ2v) is 5.81. The zero-order chi connectivity index (χ0) is 19.2. The number of nitrogens with two attached hydrogens (primary N) is 1. The van der Waals surface area contributed by atoms with Crippen LogP contribution in [0.3, 0.4) is 0 Å². The van der Waals surface area contributed by atoms with Gasteiger partial charge in [0.2, 0.25) is 6.41 Å². The molecule has 0 fully saturated rings. The van der Waals surface area contributed by atoms with Crippen LogP contribution in [0.25, 0.3) is 0 Å². The number of amides is 1. The van der Waals surface area contributed by atoms with Crippen LogP contribution in [0, 0.1) is 6.92 Å². The van der Waals surface area contributed by atoms with Gasteiger partial charge in [0.05, 0.1) is 19.3 Å². The summed E-state index contributed by atoms with van der Waals surface area (Å²) in [6.45, 7) is 1.99. The molecule has 0 bridgehead atoms. The third-order valence-corrected chi connectivity index (χ3v) is 3.95. The van der Waals surface area contributed by atoms with Crippen molar-refractivity contribution in [3.63, 3.8) is 0 Å². The summed E-state index contributed by atoms with van der Waals surface area (Å²) >= 11 is 0. The highest BCUT2D eigenvalue weighted by atomic mass is 16.5. The number of ether oxygens (including phenoxy) is 2. The third kappa shape index (κ3) is 4.33. The molecule has 1 aromatic heterocycles. The number of carbonyl (C=O) groups is 1. The molecule has 2 aromatic carbocycles. The van der Waals surface area contributed by atoms with Crippen molar-refractivity contribution < 1.29 is 14.3 Å². The van der Waals surface area contributed by atoms with E-state index in [0.29, 0.717) is 34.4 Å². The average Bonchev–Trinajstić information content (AvgIpc) is 2.69. The molecule has 7 nitrogen and oxygen atoms in total. The number of hydrogen-bond donors (Lipinski definition) is 1. The fraction of sp³-hybridized carbons (Fsp3) is 0.150. The van der Waals surface area contributed by atoms with Crippen molar-refractivity contribution in [2.75, 3.05) is 17.7 Å². The molecular weight excluding hydrogens is 344 g/mol. The number of aryl methyl sites for hydroxylation is 1. The van der Waals surface area contributed by atoms with Gasteiger partial charge in [-0.2, -0.15) is 0 Å². The predicted molar refractivity (Wildman–Crippen MR) is 103 cm³/mol. The summed E-state index contributed by atoms with van der Waals surface area (Å²) in [6.07, 6.45) is 2.36. The van der Waals surface area contributed by atoms with Crippen LogP contribution in [0.2, 0.25) is 0 Å². The number of para-hydroxylation sites is 2. The number of nitrogens with zero attached hydrogens (tertiary/aromatic N) is 3. The van der Waals surface area contributed by atoms with Gasteiger partial charge in [-0.1, -0.05) is 12.1 Å². The lowest BCUT2D eigenvalue weighted by Crippen LogP contribution is -2.22. The highest BCUT2D eigenvalue weighted by Gasteiger charge is 2.15. The fourth-order valence-corrected chi connectivity index (χ4v) is 2.55. The molecule has 0 spiro atoms. The first kappa shape index (κ1) is 18.2. The van der Waals surface area contributed by atoms with Gasteiger partial charge in [0.1, 0.15) is 23.1 Å². The van der Waals surface area contributed by atoms with Gasteiger partial charge in [0, 0.05) is 11.8 Å². The van der Waals surface area contributed by atoms with Gasteiger partial charge in [0.25, 0.3) is 0 Å². The Morgan fingerprint density at radius 2 is 1.81 bits per heavy atom. The highest BCUT2D eigenvalue weighted by molar-refractivity contribution is 5.79. The van der Waals surface area contributed by atoms with E-state index in [4.69, 9.17) is 15.2 Å². The lowest BCUT2D eigenvalue weighted by atomic mass is 10.2. The van der Waals surface area contributed by atoms with Crippen LogP contribution in [0.5, 0.6) is 17.2 Å². The van der Waals surface area contributed by atoms with Crippen molar-refractivity contribution in [2.24, 2.45) is 0 Å². The van der Waals surface area contributed by atoms with Gasteiger partial charge in [-0.3, -0.25) is 4.79 Å². The summed E-state index contributed by atoms with van der Waals surface area (Å²) in [5.41, 5.74) is 7.23. The van der Waals surface area contributed by atoms with Crippen LogP contribution in [0.4, 0.5) is 11.5 Å². The maximum absolute atomic E-state index is 11.7. The number of benzene rings is 2. The molecule has 0 saturated carbocycles. The van der Waals surface area contributed by atoms with E-state index in [2.05, 4.69) is 9.97 Å². The summed E-state index contributed by atoms with van der Waals surface area (Å²) in [4.78, 5) is 21.5. The van der Waals surface area contributed by atoms with Crippen LogP contribution in [-0.2, 0) is 11.3 Å². The number of methoxy groups -OCH3 is 1. The van der Waals surface area contributed by atoms with Crippen LogP contribution >= 0.6 is 0 Å². The van der Waals surface area contributed by atoms with E-state index in [0.717, 1.165) is 12.2 Å². The van der Waals surface area contributed by atoms with E-state index in [-0.39, 0.29) is 6.54 Å². The molecule has 0 radical (unpaired) electrons. The number of rotatable bonds is 7. The molecule has 1 amide bonds. The lowest BCUT2D eigenvalue weighted by Gasteiger charge is -2.21. The largest absolute Gasteiger partial charge is 0.497 e. The Hall–Kier alpha value is -3.61. The van der Waals surface area contributed by atoms with E-state index < -0.39 is 0 Å². The van der Waals surface area contributed by atoms with Crippen LogP contribution < -0.4 is 20.1 Å². The molecule has 7 heteroatoms. The Morgan fingerprint density at radius 3 is 2.48 bits per heavy atom. The SMILES string of the molecule is COc1ccc(Oc2ccccc2N(C=O)Cc2cnc(C)nc2N)cc1. The van der Waals surface area contributed by atoms with Gasteiger partial charge in [-0.15, -0.1) is 0 Å². The number of nitrogen functional groups attached to an aromatic ring is 1. The Morgan fingerprint density at radius 1 is 1.11 bits per heavy atom. The normalized spacial score (nSPS) is 10.3. The van der Waals surface area contributed by atoms with E-state index in [1.807, 2.05) is 12.1 Å². The van der Waals surface area contributed by atoms with Crippen molar-refractivity contribution in [2.45, 2.75) is 13.5 Å². The standard InChI is InChI=1S/C20H20N4O3/c1-14-22-11-15(20(21)23-14)12-24(13-25)18-5-3-4-6-19(18)27-17-9-7-16(26-2)8-10-17/h3-11,13H,12H2,1-2H3,(H2,21,22,23). The monoisotopic (exact) mass is 364 g/mol. The van der Waals surface area contributed by atoms with E-state index in [1.165, 1.54) is 4.90 Å². The van der Waals surface area contributed by atoms with Crippen molar-refractivity contribution in [3.05, 3.63) is 66.1 Å². The van der Waals surface area contributed by atoms with Gasteiger partial charge in [-0.25, -0.2) is 9.97 Å². The Balaban J connectivity index is 1.86. The Labute approximate surface area is 157 Å². The first-order valence-electron chi connectivity index (χ1n) is 8.31. The Bertz CT molecular complexity index is 929. The van der Waals surface area contributed by atoms with E-state index >= 15 is 0 Å². The van der Waals surface area contributed by atoms with Crippen LogP contribution in [-0.4, -0.2) is 23.5 Å². The molecule has 2 N–H and O–H groups in total. The van der Waals surface area contributed by atoms with Gasteiger partial charge < -0.3 is 20.1 Å². The van der Waals surface area contributed by atoms with E-state index in [1.54, 1.807) is 56.6 Å². The van der Waals surface area contributed by atoms with Crippen LogP contribution in [0.15, 0.2) is 54.7 Å². The van der Waals surface area contributed by atoms with Gasteiger partial charge in [0.15, 0.2) is 5.75 Å². The van der Waals surface area contributed by atoms with Crippen LogP contribution in [0.1, 0.15) is 11.4 Å². The molecule has 0 saturated heterocycles. The average molecular weight is 364 g/mol. The maximum atomic E-state index is 11.7. The summed E-state index contributed by atoms with van der Waals surface area (Å²) in [6, 6.07) is 14.5. The van der Waals surface area contributed by atoms with Crippen molar-refractivity contribution in [1.29, 1.82) is 0 Å². The highest BCUT2D eigenvalue weighted by Crippen LogP contribution is 2.33. The first-order valence-corrected chi connectivity index (χ1v) is 8.31. The fourth-order valence-electron chi connectivity index (χ4n) is 2.55. The molecule has 0 aliphatic carbocycles. The van der Waals surface area contributed by atoms with Crippen molar-refractivity contribution in [1.82, 2.24) is 9.97 Å². The molecule has 0 atom stereocenters. The van der Waals surface area contributed by atoms with Gasteiger partial charge >= 0.3 is 0 Å². The zero-order valence-electron chi connectivity index (χ0n) is 15.1. The molecule has 0 aliphatic heterocycles. The molecule has 0 aliphatic rings. The minimum atomic E-state index is 0.235. The molecule has 3 aromatic rings. The molecule has 0 unspecified atom stereocenters. The minimum absolute atomic E-state index is 0.235. The predicted octanol–water partition coefficient (Wildman–Crippen LogP) is 3.33. The topological polar surface area (TPSA) is 90.6 Å². The summed E-state index contributed by atoms with van der Waals surface area (Å²) < 4.78 is 11.1. The van der Waals surface area contributed by atoms with E-state index in [9.17, 15) is 4.79 Å². The molecule has 1 heterocycles. The molecule has 27 heavy (non-hydrogen) atoms. The maximum Gasteiger partial charge on any atom is 0.214 e. The zero-order valence-corrected chi connectivity index (χ0v) is 15.1. The smallest absolute Gasteiger partial charge is 0.214 e. The summed E-state index contributed by atoms with van der Waals surface area (Å²) in [5, 5.41) is 0. The van der Waals surface area contributed by atoms with Crippen molar-refractivity contribution in [3.8, 4) is 17.2 Å². The molecule has 138 valence electrons. The van der Waals surface area contributed by atoms with Crippen molar-refractivity contribution >= 4 is 17.9 Å². The lowest BCUT2D eigenvalue weighted by molar-refractivity contribution is -0.107. The molecular formula is C20H20N4O3.